The Morgan fingerprint density at radius 2 is 2.12 bits per heavy atom. The lowest BCUT2D eigenvalue weighted by Gasteiger charge is -2.13. The second kappa shape index (κ2) is 6.71. The van der Waals surface area contributed by atoms with Crippen LogP contribution in [-0.4, -0.2) is 17.8 Å². The normalized spacial score (nSPS) is 21.6. The zero-order chi connectivity index (χ0) is 12.1. The Morgan fingerprint density at radius 1 is 1.35 bits per heavy atom. The molecule has 0 aromatic heterocycles. The van der Waals surface area contributed by atoms with Gasteiger partial charge in [0, 0.05) is 10.2 Å². The number of hydrogen-bond donors (Lipinski definition) is 1. The molecule has 1 heterocycles. The molecule has 1 aromatic rings. The molecule has 0 radical (unpaired) electrons. The molecule has 2 atom stereocenters. The molecule has 1 aliphatic heterocycles. The molecule has 0 saturated carbocycles. The van der Waals surface area contributed by atoms with E-state index in [2.05, 4.69) is 22.6 Å². The van der Waals surface area contributed by atoms with Crippen LogP contribution in [0.1, 0.15) is 43.8 Å². The Labute approximate surface area is 117 Å². The van der Waals surface area contributed by atoms with E-state index in [0.29, 0.717) is 6.10 Å². The summed E-state index contributed by atoms with van der Waals surface area (Å²) in [6.45, 7) is 0.921. The van der Waals surface area contributed by atoms with Crippen LogP contribution in [0.2, 0.25) is 0 Å². The van der Waals surface area contributed by atoms with Crippen molar-refractivity contribution in [1.29, 1.82) is 0 Å². The molecule has 0 aliphatic carbocycles. The molecule has 3 heteroatoms. The zero-order valence-electron chi connectivity index (χ0n) is 9.94. The van der Waals surface area contributed by atoms with Crippen molar-refractivity contribution in [2.75, 3.05) is 6.61 Å². The number of aliphatic hydroxyl groups is 1. The van der Waals surface area contributed by atoms with Crippen LogP contribution in [0.4, 0.5) is 0 Å². The van der Waals surface area contributed by atoms with Crippen LogP contribution in [-0.2, 0) is 4.74 Å². The number of aliphatic hydroxyl groups excluding tert-OH is 1. The minimum absolute atomic E-state index is 0.326. The van der Waals surface area contributed by atoms with E-state index in [4.69, 9.17) is 4.74 Å². The fraction of sp³-hybridized carbons (Fsp3) is 0.571. The molecular formula is C14H19IO2. The molecule has 94 valence electrons. The van der Waals surface area contributed by atoms with Crippen LogP contribution in [0.5, 0.6) is 0 Å². The molecule has 1 saturated heterocycles. The third kappa shape index (κ3) is 4.23. The third-order valence-corrected chi connectivity index (χ3v) is 4.00. The van der Waals surface area contributed by atoms with Gasteiger partial charge in [-0.25, -0.2) is 0 Å². The van der Waals surface area contributed by atoms with Crippen molar-refractivity contribution in [3.05, 3.63) is 33.4 Å². The van der Waals surface area contributed by atoms with Crippen molar-refractivity contribution in [2.45, 2.75) is 44.3 Å². The van der Waals surface area contributed by atoms with Crippen molar-refractivity contribution in [2.24, 2.45) is 0 Å². The van der Waals surface area contributed by atoms with E-state index in [9.17, 15) is 5.11 Å². The van der Waals surface area contributed by atoms with E-state index in [1.54, 1.807) is 0 Å². The monoisotopic (exact) mass is 346 g/mol. The minimum atomic E-state index is -0.326. The summed E-state index contributed by atoms with van der Waals surface area (Å²) < 4.78 is 6.78. The van der Waals surface area contributed by atoms with Crippen LogP contribution in [0, 0.1) is 3.57 Å². The molecule has 2 rings (SSSR count). The van der Waals surface area contributed by atoms with E-state index in [-0.39, 0.29) is 6.10 Å². The van der Waals surface area contributed by atoms with E-state index in [0.717, 1.165) is 31.4 Å². The SMILES string of the molecule is OC(CCCC1CCCO1)c1ccc(I)cc1. The van der Waals surface area contributed by atoms with Crippen molar-refractivity contribution < 1.29 is 9.84 Å². The highest BCUT2D eigenvalue weighted by Crippen LogP contribution is 2.23. The molecule has 17 heavy (non-hydrogen) atoms. The van der Waals surface area contributed by atoms with E-state index in [1.165, 1.54) is 16.4 Å². The Hall–Kier alpha value is -0.130. The highest BCUT2D eigenvalue weighted by Gasteiger charge is 2.15. The van der Waals surface area contributed by atoms with Crippen LogP contribution < -0.4 is 0 Å². The standard InChI is InChI=1S/C14H19IO2/c15-12-8-6-11(7-9-12)14(16)5-1-3-13-4-2-10-17-13/h6-9,13-14,16H,1-5,10H2. The van der Waals surface area contributed by atoms with E-state index < -0.39 is 0 Å². The van der Waals surface area contributed by atoms with Crippen molar-refractivity contribution in [1.82, 2.24) is 0 Å². The Balaban J connectivity index is 1.72. The molecular weight excluding hydrogens is 327 g/mol. The van der Waals surface area contributed by atoms with Crippen LogP contribution in [0.15, 0.2) is 24.3 Å². The molecule has 1 N–H and O–H groups in total. The lowest BCUT2D eigenvalue weighted by atomic mass is 10.0. The van der Waals surface area contributed by atoms with Gasteiger partial charge in [-0.15, -0.1) is 0 Å². The van der Waals surface area contributed by atoms with Crippen molar-refractivity contribution >= 4 is 22.6 Å². The number of ether oxygens (including phenoxy) is 1. The highest BCUT2D eigenvalue weighted by atomic mass is 127. The van der Waals surface area contributed by atoms with Gasteiger partial charge in [0.15, 0.2) is 0 Å². The fourth-order valence-electron chi connectivity index (χ4n) is 2.26. The summed E-state index contributed by atoms with van der Waals surface area (Å²) in [6.07, 6.45) is 5.47. The van der Waals surface area contributed by atoms with Gasteiger partial charge in [0.1, 0.15) is 0 Å². The predicted molar refractivity (Wildman–Crippen MR) is 76.9 cm³/mol. The average molecular weight is 346 g/mol. The number of halogens is 1. The van der Waals surface area contributed by atoms with E-state index >= 15 is 0 Å². The Morgan fingerprint density at radius 3 is 2.76 bits per heavy atom. The van der Waals surface area contributed by atoms with Crippen LogP contribution >= 0.6 is 22.6 Å². The molecule has 0 amide bonds. The van der Waals surface area contributed by atoms with Gasteiger partial charge in [0.2, 0.25) is 0 Å². The lowest BCUT2D eigenvalue weighted by Crippen LogP contribution is -2.06. The lowest BCUT2D eigenvalue weighted by molar-refractivity contribution is 0.0945. The zero-order valence-corrected chi connectivity index (χ0v) is 12.1. The van der Waals surface area contributed by atoms with Crippen molar-refractivity contribution in [3.63, 3.8) is 0 Å². The summed E-state index contributed by atoms with van der Waals surface area (Å²) >= 11 is 2.28. The molecule has 1 aliphatic rings. The van der Waals surface area contributed by atoms with Gasteiger partial charge in [-0.2, -0.15) is 0 Å². The number of benzene rings is 1. The minimum Gasteiger partial charge on any atom is -0.388 e. The largest absolute Gasteiger partial charge is 0.388 e. The summed E-state index contributed by atoms with van der Waals surface area (Å²) in [4.78, 5) is 0. The van der Waals surface area contributed by atoms with Gasteiger partial charge in [0.05, 0.1) is 12.2 Å². The van der Waals surface area contributed by atoms with Gasteiger partial charge in [0.25, 0.3) is 0 Å². The van der Waals surface area contributed by atoms with Crippen LogP contribution in [0.25, 0.3) is 0 Å². The third-order valence-electron chi connectivity index (χ3n) is 3.28. The van der Waals surface area contributed by atoms with Crippen LogP contribution in [0.3, 0.4) is 0 Å². The van der Waals surface area contributed by atoms with Gasteiger partial charge in [-0.05, 0) is 72.4 Å². The fourth-order valence-corrected chi connectivity index (χ4v) is 2.62. The first-order valence-electron chi connectivity index (χ1n) is 6.31. The first-order valence-corrected chi connectivity index (χ1v) is 7.39. The molecule has 1 fully saturated rings. The van der Waals surface area contributed by atoms with Gasteiger partial charge in [-0.1, -0.05) is 12.1 Å². The molecule has 0 spiro atoms. The first-order chi connectivity index (χ1) is 8.25. The van der Waals surface area contributed by atoms with Gasteiger partial charge >= 0.3 is 0 Å². The second-order valence-electron chi connectivity index (χ2n) is 4.63. The predicted octanol–water partition coefficient (Wildman–Crippen LogP) is 3.67. The maximum Gasteiger partial charge on any atom is 0.0790 e. The smallest absolute Gasteiger partial charge is 0.0790 e. The first kappa shape index (κ1) is 13.3. The summed E-state index contributed by atoms with van der Waals surface area (Å²) in [5.74, 6) is 0. The summed E-state index contributed by atoms with van der Waals surface area (Å²) in [6, 6.07) is 8.11. The second-order valence-corrected chi connectivity index (χ2v) is 5.88. The summed E-state index contributed by atoms with van der Waals surface area (Å²) in [7, 11) is 0. The Kier molecular flexibility index (Phi) is 5.25. The number of rotatable bonds is 5. The Bertz CT molecular complexity index is 331. The maximum absolute atomic E-state index is 10.0. The summed E-state index contributed by atoms with van der Waals surface area (Å²) in [5, 5.41) is 10.0. The molecule has 0 bridgehead atoms. The highest BCUT2D eigenvalue weighted by molar-refractivity contribution is 14.1. The van der Waals surface area contributed by atoms with Gasteiger partial charge in [-0.3, -0.25) is 0 Å². The molecule has 2 unspecified atom stereocenters. The summed E-state index contributed by atoms with van der Waals surface area (Å²) in [5.41, 5.74) is 1.03. The topological polar surface area (TPSA) is 29.5 Å². The molecule has 2 nitrogen and oxygen atoms in total. The quantitative estimate of drug-likeness (QED) is 0.825. The average Bonchev–Trinajstić information content (AvgIpc) is 2.83. The van der Waals surface area contributed by atoms with Crippen molar-refractivity contribution in [3.8, 4) is 0 Å². The maximum atomic E-state index is 10.0. The van der Waals surface area contributed by atoms with E-state index in [1.807, 2.05) is 24.3 Å². The van der Waals surface area contributed by atoms with Gasteiger partial charge < -0.3 is 9.84 Å². The number of hydrogen-bond acceptors (Lipinski definition) is 2. The molecule has 1 aromatic carbocycles.